The number of hydrogen-bond acceptors (Lipinski definition) is 8. The number of carboxylic acids is 1. The fourth-order valence-electron chi connectivity index (χ4n) is 3.21. The molecule has 1 aromatic rings. The van der Waals surface area contributed by atoms with E-state index in [9.17, 15) is 24.3 Å². The van der Waals surface area contributed by atoms with Crippen LogP contribution in [0.1, 0.15) is 38.8 Å². The number of nitrogens with one attached hydrogen (secondary N) is 4. The number of thiol groups is 1. The highest BCUT2D eigenvalue weighted by atomic mass is 32.1. The minimum atomic E-state index is -1.23. The van der Waals surface area contributed by atoms with E-state index in [0.29, 0.717) is 12.1 Å². The first-order valence-corrected chi connectivity index (χ1v) is 12.1. The van der Waals surface area contributed by atoms with Gasteiger partial charge in [0.15, 0.2) is 5.96 Å². The fourth-order valence-corrected chi connectivity index (χ4v) is 3.46. The second-order valence-electron chi connectivity index (χ2n) is 8.67. The monoisotopic (exact) mass is 527 g/mol. The predicted molar refractivity (Wildman–Crippen MR) is 137 cm³/mol. The largest absolute Gasteiger partial charge is 0.480 e. The summed E-state index contributed by atoms with van der Waals surface area (Å²) in [6, 6.07) is -4.23. The molecule has 15 heteroatoms. The molecule has 0 aliphatic heterocycles. The molecule has 0 bridgehead atoms. The van der Waals surface area contributed by atoms with Gasteiger partial charge in [0.1, 0.15) is 18.1 Å². The van der Waals surface area contributed by atoms with Gasteiger partial charge in [-0.2, -0.15) is 12.6 Å². The minimum Gasteiger partial charge on any atom is -0.480 e. The summed E-state index contributed by atoms with van der Waals surface area (Å²) in [5.41, 5.74) is 17.1. The standard InChI is InChI=1S/C21H37N9O5S/c1-11(2)6-15(18(32)28-14(20(34)35)4-3-5-26-21(23)24)29-19(33)16(9-36)30-17(31)13(22)7-12-8-25-10-27-12/h8,10-11,13-16,36H,3-7,9,22H2,1-2H3,(H,25,27)(H,28,32)(H,29,33)(H,30,31)(H,34,35)(H4,23,24,26). The number of amides is 3. The Morgan fingerprint density at radius 1 is 1.08 bits per heavy atom. The molecular formula is C21H37N9O5S. The number of carbonyl (C=O) groups excluding carboxylic acids is 3. The molecule has 0 spiro atoms. The highest BCUT2D eigenvalue weighted by Crippen LogP contribution is 2.08. The van der Waals surface area contributed by atoms with Gasteiger partial charge in [-0.05, 0) is 25.2 Å². The number of imidazole rings is 1. The average Bonchev–Trinajstić information content (AvgIpc) is 3.30. The lowest BCUT2D eigenvalue weighted by Crippen LogP contribution is -2.58. The number of aromatic nitrogens is 2. The van der Waals surface area contributed by atoms with Crippen molar-refractivity contribution in [2.45, 2.75) is 63.7 Å². The second kappa shape index (κ2) is 15.6. The molecule has 1 aromatic heterocycles. The molecule has 14 nitrogen and oxygen atoms in total. The van der Waals surface area contributed by atoms with Crippen LogP contribution in [0.15, 0.2) is 17.5 Å². The van der Waals surface area contributed by atoms with Crippen LogP contribution in [0.2, 0.25) is 0 Å². The Balaban J connectivity index is 2.79. The molecule has 0 aliphatic rings. The Morgan fingerprint density at radius 2 is 1.69 bits per heavy atom. The lowest BCUT2D eigenvalue weighted by molar-refractivity contribution is -0.142. The fraction of sp³-hybridized carbons (Fsp3) is 0.619. The first-order valence-electron chi connectivity index (χ1n) is 11.5. The smallest absolute Gasteiger partial charge is 0.326 e. The van der Waals surface area contributed by atoms with E-state index in [4.69, 9.17) is 17.2 Å². The topological polar surface area (TPSA) is 244 Å². The number of nitrogens with two attached hydrogens (primary N) is 3. The lowest BCUT2D eigenvalue weighted by atomic mass is 10.0. The van der Waals surface area contributed by atoms with E-state index in [1.165, 1.54) is 12.5 Å². The van der Waals surface area contributed by atoms with Crippen molar-refractivity contribution in [2.24, 2.45) is 28.1 Å². The van der Waals surface area contributed by atoms with Crippen LogP contribution in [0, 0.1) is 5.92 Å². The molecule has 0 aromatic carbocycles. The number of hydrogen-bond donors (Lipinski definition) is 9. The van der Waals surface area contributed by atoms with Crippen molar-refractivity contribution in [1.82, 2.24) is 25.9 Å². The number of carboxylic acid groups (broad SMARTS) is 1. The number of carbonyl (C=O) groups is 4. The molecule has 0 aliphatic carbocycles. The van der Waals surface area contributed by atoms with Crippen molar-refractivity contribution in [1.29, 1.82) is 0 Å². The lowest BCUT2D eigenvalue weighted by Gasteiger charge is -2.25. The molecule has 0 saturated carbocycles. The highest BCUT2D eigenvalue weighted by Gasteiger charge is 2.30. The van der Waals surface area contributed by atoms with Crippen molar-refractivity contribution < 1.29 is 24.3 Å². The Morgan fingerprint density at radius 3 is 2.22 bits per heavy atom. The number of aliphatic carboxylic acids is 1. The van der Waals surface area contributed by atoms with Crippen molar-refractivity contribution in [3.8, 4) is 0 Å². The Bertz CT molecular complexity index is 890. The van der Waals surface area contributed by atoms with Crippen LogP contribution in [0.25, 0.3) is 0 Å². The molecule has 202 valence electrons. The number of nitrogens with zero attached hydrogens (tertiary/aromatic N) is 2. The quantitative estimate of drug-likeness (QED) is 0.0491. The van der Waals surface area contributed by atoms with E-state index < -0.39 is 47.9 Å². The summed E-state index contributed by atoms with van der Waals surface area (Å²) < 4.78 is 0. The third kappa shape index (κ3) is 11.4. The van der Waals surface area contributed by atoms with Gasteiger partial charge in [-0.15, -0.1) is 0 Å². The third-order valence-electron chi connectivity index (χ3n) is 5.05. The summed E-state index contributed by atoms with van der Waals surface area (Å²) in [4.78, 5) is 60.4. The zero-order valence-corrected chi connectivity index (χ0v) is 21.3. The minimum absolute atomic E-state index is 0.00179. The van der Waals surface area contributed by atoms with Gasteiger partial charge in [0.2, 0.25) is 17.7 Å². The number of aliphatic imine (C=N–C) groups is 1. The number of aromatic amines is 1. The number of H-pyrrole nitrogens is 1. The maximum absolute atomic E-state index is 12.9. The molecule has 11 N–H and O–H groups in total. The highest BCUT2D eigenvalue weighted by molar-refractivity contribution is 7.80. The Kier molecular flexibility index (Phi) is 13.3. The van der Waals surface area contributed by atoms with E-state index in [1.807, 2.05) is 13.8 Å². The summed E-state index contributed by atoms with van der Waals surface area (Å²) in [5.74, 6) is -3.27. The Labute approximate surface area is 215 Å². The summed E-state index contributed by atoms with van der Waals surface area (Å²) in [6.07, 6.45) is 3.83. The van der Waals surface area contributed by atoms with Crippen molar-refractivity contribution in [3.63, 3.8) is 0 Å². The number of rotatable bonds is 16. The molecule has 0 radical (unpaired) electrons. The molecule has 0 fully saturated rings. The van der Waals surface area contributed by atoms with Crippen LogP contribution in [-0.4, -0.2) is 81.2 Å². The van der Waals surface area contributed by atoms with E-state index in [0.717, 1.165) is 0 Å². The summed E-state index contributed by atoms with van der Waals surface area (Å²) in [6.45, 7) is 3.91. The molecule has 1 heterocycles. The van der Waals surface area contributed by atoms with Crippen molar-refractivity contribution in [2.75, 3.05) is 12.3 Å². The maximum atomic E-state index is 12.9. The van der Waals surface area contributed by atoms with Gasteiger partial charge in [0.05, 0.1) is 12.4 Å². The zero-order chi connectivity index (χ0) is 27.3. The molecule has 4 unspecified atom stereocenters. The molecule has 0 saturated heterocycles. The molecule has 1 rings (SSSR count). The maximum Gasteiger partial charge on any atom is 0.326 e. The van der Waals surface area contributed by atoms with Gasteiger partial charge in [0.25, 0.3) is 0 Å². The average molecular weight is 528 g/mol. The summed E-state index contributed by atoms with van der Waals surface area (Å²) in [7, 11) is 0. The van der Waals surface area contributed by atoms with Gasteiger partial charge in [-0.3, -0.25) is 19.4 Å². The van der Waals surface area contributed by atoms with Crippen LogP contribution in [0.4, 0.5) is 0 Å². The molecular weight excluding hydrogens is 490 g/mol. The van der Waals surface area contributed by atoms with Gasteiger partial charge < -0.3 is 43.2 Å². The normalized spacial score (nSPS) is 14.2. The van der Waals surface area contributed by atoms with E-state index in [1.54, 1.807) is 0 Å². The number of guanidine groups is 1. The summed E-state index contributed by atoms with van der Waals surface area (Å²) in [5, 5.41) is 17.1. The van der Waals surface area contributed by atoms with Gasteiger partial charge in [-0.1, -0.05) is 13.8 Å². The van der Waals surface area contributed by atoms with E-state index >= 15 is 0 Å². The third-order valence-corrected chi connectivity index (χ3v) is 5.41. The van der Waals surface area contributed by atoms with Crippen molar-refractivity contribution >= 4 is 42.3 Å². The predicted octanol–water partition coefficient (Wildman–Crippen LogP) is -2.15. The first-order chi connectivity index (χ1) is 16.9. The SMILES string of the molecule is CC(C)CC(NC(=O)C(CS)NC(=O)C(N)Cc1cnc[nH]1)C(=O)NC(CCCN=C(N)N)C(=O)O. The van der Waals surface area contributed by atoms with Gasteiger partial charge in [0, 0.05) is 30.6 Å². The van der Waals surface area contributed by atoms with Crippen LogP contribution in [0.5, 0.6) is 0 Å². The summed E-state index contributed by atoms with van der Waals surface area (Å²) >= 11 is 4.14. The van der Waals surface area contributed by atoms with Gasteiger partial charge >= 0.3 is 5.97 Å². The van der Waals surface area contributed by atoms with Crippen molar-refractivity contribution in [3.05, 3.63) is 18.2 Å². The van der Waals surface area contributed by atoms with Crippen LogP contribution >= 0.6 is 12.6 Å². The molecule has 4 atom stereocenters. The first kappa shape index (κ1) is 30.7. The second-order valence-corrected chi connectivity index (χ2v) is 9.04. The van der Waals surface area contributed by atoms with E-state index in [2.05, 4.69) is 43.5 Å². The van der Waals surface area contributed by atoms with Crippen LogP contribution in [0.3, 0.4) is 0 Å². The van der Waals surface area contributed by atoms with Gasteiger partial charge in [-0.25, -0.2) is 9.78 Å². The molecule has 36 heavy (non-hydrogen) atoms. The Hall–Kier alpha value is -3.33. The van der Waals surface area contributed by atoms with Crippen LogP contribution in [-0.2, 0) is 25.6 Å². The van der Waals surface area contributed by atoms with Crippen LogP contribution < -0.4 is 33.2 Å². The van der Waals surface area contributed by atoms with E-state index in [-0.39, 0.29) is 43.4 Å². The zero-order valence-electron chi connectivity index (χ0n) is 20.4. The molecule has 3 amide bonds.